The summed E-state index contributed by atoms with van der Waals surface area (Å²) in [5.74, 6) is -0.273. The second-order valence-electron chi connectivity index (χ2n) is 7.66. The van der Waals surface area contributed by atoms with Gasteiger partial charge in [0.25, 0.3) is 0 Å². The van der Waals surface area contributed by atoms with E-state index in [2.05, 4.69) is 36.3 Å². The van der Waals surface area contributed by atoms with Crippen LogP contribution in [0.5, 0.6) is 0 Å². The van der Waals surface area contributed by atoms with Crippen LogP contribution in [0, 0.1) is 16.7 Å². The van der Waals surface area contributed by atoms with E-state index in [-0.39, 0.29) is 23.2 Å². The molecule has 0 aromatic heterocycles. The maximum Gasteiger partial charge on any atom is 0.318 e. The van der Waals surface area contributed by atoms with Crippen molar-refractivity contribution in [2.45, 2.75) is 51.7 Å². The van der Waals surface area contributed by atoms with Crippen LogP contribution in [-0.2, 0) is 9.59 Å². The zero-order valence-electron chi connectivity index (χ0n) is 14.6. The third-order valence-corrected chi connectivity index (χ3v) is 7.26. The molecule has 8 nitrogen and oxygen atoms in total. The van der Waals surface area contributed by atoms with Crippen molar-refractivity contribution in [3.8, 4) is 0 Å². The Morgan fingerprint density at radius 2 is 2.08 bits per heavy atom. The Kier molecular flexibility index (Phi) is 4.38. The number of thioether (sulfide) groups is 1. The Morgan fingerprint density at radius 1 is 1.36 bits per heavy atom. The minimum absolute atomic E-state index is 0.0514. The first-order valence-electron chi connectivity index (χ1n) is 8.35. The van der Waals surface area contributed by atoms with Gasteiger partial charge in [-0.05, 0) is 30.6 Å². The number of nitrogens with zero attached hydrogens (tertiary/aromatic N) is 2. The standard InChI is InChI=1S/C16H23N5O3S/c1-15(2)8-4-5-16(15,3)10(6-8)20-21-14-19-12(23)9(25-14)7-11(22)18-13(17)24/h8-9H,4-7H2,1-3H3,(H,19,21,23)(H3,17,18,22,24)/b20-10-/t8-,9-,16-/m1/s1. The van der Waals surface area contributed by atoms with Crippen molar-refractivity contribution in [3.05, 3.63) is 0 Å². The molecule has 1 aliphatic heterocycles. The maximum absolute atomic E-state index is 11.9. The van der Waals surface area contributed by atoms with Gasteiger partial charge < -0.3 is 11.1 Å². The number of fused-ring (bicyclic) bond motifs is 2. The number of primary amides is 1. The molecule has 1 heterocycles. The Hall–Kier alpha value is -1.90. The average molecular weight is 365 g/mol. The molecule has 3 atom stereocenters. The normalized spacial score (nSPS) is 36.0. The van der Waals surface area contributed by atoms with Gasteiger partial charge >= 0.3 is 6.03 Å². The molecular weight excluding hydrogens is 342 g/mol. The topological polar surface area (TPSA) is 126 Å². The van der Waals surface area contributed by atoms with E-state index in [9.17, 15) is 14.4 Å². The van der Waals surface area contributed by atoms with Gasteiger partial charge in [0.1, 0.15) is 5.25 Å². The van der Waals surface area contributed by atoms with E-state index in [1.54, 1.807) is 0 Å². The Balaban J connectivity index is 1.67. The summed E-state index contributed by atoms with van der Waals surface area (Å²) < 4.78 is 0. The first-order chi connectivity index (χ1) is 11.6. The minimum atomic E-state index is -0.930. The molecular formula is C16H23N5O3S. The SMILES string of the molecule is CC1(C)[C@@H]2CC[C@]1(C)/C(=N\N=C1\NC(=O)[C@@H](CC(=O)NC(N)=O)S1)C2. The van der Waals surface area contributed by atoms with Gasteiger partial charge in [0, 0.05) is 17.5 Å². The molecule has 0 spiro atoms. The Bertz CT molecular complexity index is 702. The van der Waals surface area contributed by atoms with Gasteiger partial charge in [-0.2, -0.15) is 5.10 Å². The van der Waals surface area contributed by atoms with Gasteiger partial charge in [-0.3, -0.25) is 14.9 Å². The molecule has 3 aliphatic rings. The van der Waals surface area contributed by atoms with Crippen LogP contribution in [-0.4, -0.2) is 34.0 Å². The van der Waals surface area contributed by atoms with Crippen LogP contribution >= 0.6 is 11.8 Å². The van der Waals surface area contributed by atoms with Gasteiger partial charge in [-0.15, -0.1) is 5.10 Å². The number of carbonyl (C=O) groups is 3. The van der Waals surface area contributed by atoms with E-state index in [4.69, 9.17) is 5.73 Å². The first-order valence-corrected chi connectivity index (χ1v) is 9.23. The highest BCUT2D eigenvalue weighted by molar-refractivity contribution is 8.15. The van der Waals surface area contributed by atoms with Gasteiger partial charge in [0.15, 0.2) is 5.17 Å². The number of hydrogen-bond acceptors (Lipinski definition) is 6. The van der Waals surface area contributed by atoms with Crippen LogP contribution in [0.4, 0.5) is 4.79 Å². The Morgan fingerprint density at radius 3 is 2.64 bits per heavy atom. The summed E-state index contributed by atoms with van der Waals surface area (Å²) in [4.78, 5) is 34.2. The third-order valence-electron chi connectivity index (χ3n) is 6.18. The summed E-state index contributed by atoms with van der Waals surface area (Å²) in [6.07, 6.45) is 3.15. The fourth-order valence-corrected chi connectivity index (χ4v) is 5.05. The quantitative estimate of drug-likeness (QED) is 0.653. The summed E-state index contributed by atoms with van der Waals surface area (Å²) in [5.41, 5.74) is 6.25. The number of amides is 4. The highest BCUT2D eigenvalue weighted by Crippen LogP contribution is 2.64. The number of rotatable bonds is 3. The highest BCUT2D eigenvalue weighted by atomic mass is 32.2. The molecule has 3 rings (SSSR count). The summed E-state index contributed by atoms with van der Waals surface area (Å²) in [5, 5.41) is 13.0. The summed E-state index contributed by atoms with van der Waals surface area (Å²) in [6, 6.07) is -0.930. The predicted octanol–water partition coefficient (Wildman–Crippen LogP) is 1.36. The van der Waals surface area contributed by atoms with Gasteiger partial charge in [-0.25, -0.2) is 4.79 Å². The molecule has 0 radical (unpaired) electrons. The number of imide groups is 1. The van der Waals surface area contributed by atoms with Crippen molar-refractivity contribution in [2.75, 3.05) is 0 Å². The molecule has 0 aromatic carbocycles. The van der Waals surface area contributed by atoms with Crippen molar-refractivity contribution in [3.63, 3.8) is 0 Å². The lowest BCUT2D eigenvalue weighted by Gasteiger charge is -2.34. The summed E-state index contributed by atoms with van der Waals surface area (Å²) >= 11 is 1.15. The molecule has 9 heteroatoms. The van der Waals surface area contributed by atoms with E-state index in [0.29, 0.717) is 11.1 Å². The second kappa shape index (κ2) is 6.12. The fraction of sp³-hybridized carbons (Fsp3) is 0.688. The number of urea groups is 1. The van der Waals surface area contributed by atoms with Crippen LogP contribution in [0.25, 0.3) is 0 Å². The molecule has 4 amide bonds. The molecule has 0 aromatic rings. The van der Waals surface area contributed by atoms with E-state index in [0.717, 1.165) is 30.3 Å². The minimum Gasteiger partial charge on any atom is -0.351 e. The lowest BCUT2D eigenvalue weighted by atomic mass is 9.70. The smallest absolute Gasteiger partial charge is 0.318 e. The third kappa shape index (κ3) is 3.05. The zero-order chi connectivity index (χ0) is 18.4. The number of amidine groups is 1. The molecule has 4 N–H and O–H groups in total. The molecule has 3 fully saturated rings. The first kappa shape index (κ1) is 17.9. The van der Waals surface area contributed by atoms with E-state index >= 15 is 0 Å². The molecule has 0 unspecified atom stereocenters. The van der Waals surface area contributed by atoms with Crippen molar-refractivity contribution in [1.29, 1.82) is 0 Å². The molecule has 136 valence electrons. The number of hydrogen-bond donors (Lipinski definition) is 3. The van der Waals surface area contributed by atoms with E-state index in [1.165, 1.54) is 6.42 Å². The van der Waals surface area contributed by atoms with Crippen LogP contribution in [0.1, 0.15) is 46.5 Å². The average Bonchev–Trinajstić information content (AvgIpc) is 3.01. The maximum atomic E-state index is 11.9. The molecule has 2 bridgehead atoms. The highest BCUT2D eigenvalue weighted by Gasteiger charge is 2.60. The van der Waals surface area contributed by atoms with Gasteiger partial charge in [0.05, 0.1) is 0 Å². The second-order valence-corrected chi connectivity index (χ2v) is 8.85. The van der Waals surface area contributed by atoms with Crippen LogP contribution in [0.2, 0.25) is 0 Å². The number of nitrogens with one attached hydrogen (secondary N) is 2. The fourth-order valence-electron chi connectivity index (χ4n) is 4.13. The predicted molar refractivity (Wildman–Crippen MR) is 96.0 cm³/mol. The van der Waals surface area contributed by atoms with Gasteiger partial charge in [0.2, 0.25) is 11.8 Å². The number of carbonyl (C=O) groups excluding carboxylic acids is 3. The molecule has 25 heavy (non-hydrogen) atoms. The van der Waals surface area contributed by atoms with Gasteiger partial charge in [-0.1, -0.05) is 32.5 Å². The largest absolute Gasteiger partial charge is 0.351 e. The number of nitrogens with two attached hydrogens (primary N) is 1. The van der Waals surface area contributed by atoms with Crippen molar-refractivity contribution in [1.82, 2.24) is 10.6 Å². The van der Waals surface area contributed by atoms with Crippen molar-refractivity contribution in [2.24, 2.45) is 32.7 Å². The van der Waals surface area contributed by atoms with E-state index < -0.39 is 17.2 Å². The summed E-state index contributed by atoms with van der Waals surface area (Å²) in [7, 11) is 0. The zero-order valence-corrected chi connectivity index (χ0v) is 15.4. The Labute approximate surface area is 150 Å². The molecule has 2 aliphatic carbocycles. The van der Waals surface area contributed by atoms with Crippen LogP contribution in [0.15, 0.2) is 10.2 Å². The van der Waals surface area contributed by atoms with Crippen molar-refractivity contribution >= 4 is 40.5 Å². The monoisotopic (exact) mass is 365 g/mol. The summed E-state index contributed by atoms with van der Waals surface area (Å²) in [6.45, 7) is 6.83. The molecule has 1 saturated heterocycles. The van der Waals surface area contributed by atoms with E-state index in [1.807, 2.05) is 5.32 Å². The van der Waals surface area contributed by atoms with Crippen molar-refractivity contribution < 1.29 is 14.4 Å². The van der Waals surface area contributed by atoms with Crippen LogP contribution < -0.4 is 16.4 Å². The van der Waals surface area contributed by atoms with Crippen LogP contribution in [0.3, 0.4) is 0 Å². The lowest BCUT2D eigenvalue weighted by Crippen LogP contribution is -2.37. The lowest BCUT2D eigenvalue weighted by molar-refractivity contribution is -0.124. The molecule has 2 saturated carbocycles.